The fourth-order valence-electron chi connectivity index (χ4n) is 3.90. The highest BCUT2D eigenvalue weighted by Gasteiger charge is 2.14. The van der Waals surface area contributed by atoms with E-state index < -0.39 is 5.97 Å². The standard InChI is InChI=1S/C27H25NO4/c1-2-20-5-3-4-6-23(20)25-18-28(21-9-11-22(12-10-21)32-16-15-29)26-13-7-19(17-24(25)26)8-14-27(30)31/h2-7,9-13,17-18,29H,1,8,14-16H2,(H,30,31). The lowest BCUT2D eigenvalue weighted by Gasteiger charge is -2.08. The van der Waals surface area contributed by atoms with Crippen LogP contribution in [0, 0.1) is 0 Å². The molecule has 0 aliphatic rings. The molecule has 5 nitrogen and oxygen atoms in total. The van der Waals surface area contributed by atoms with Crippen LogP contribution in [0.3, 0.4) is 0 Å². The highest BCUT2D eigenvalue weighted by Crippen LogP contribution is 2.36. The van der Waals surface area contributed by atoms with Gasteiger partial charge in [-0.15, -0.1) is 0 Å². The van der Waals surface area contributed by atoms with E-state index in [0.717, 1.165) is 38.8 Å². The molecule has 0 unspecified atom stereocenters. The van der Waals surface area contributed by atoms with E-state index >= 15 is 0 Å². The van der Waals surface area contributed by atoms with E-state index in [2.05, 4.69) is 29.5 Å². The summed E-state index contributed by atoms with van der Waals surface area (Å²) in [5, 5.41) is 19.1. The van der Waals surface area contributed by atoms with Crippen molar-refractivity contribution in [1.82, 2.24) is 4.57 Å². The largest absolute Gasteiger partial charge is 0.491 e. The minimum Gasteiger partial charge on any atom is -0.491 e. The van der Waals surface area contributed by atoms with Crippen molar-refractivity contribution in [3.8, 4) is 22.6 Å². The monoisotopic (exact) mass is 427 g/mol. The minimum absolute atomic E-state index is 0.0275. The maximum atomic E-state index is 11.1. The number of carboxylic acid groups (broad SMARTS) is 1. The molecule has 1 heterocycles. The number of rotatable bonds is 9. The summed E-state index contributed by atoms with van der Waals surface area (Å²) in [4.78, 5) is 11.1. The second-order valence-electron chi connectivity index (χ2n) is 7.52. The van der Waals surface area contributed by atoms with Gasteiger partial charge < -0.3 is 19.5 Å². The molecule has 4 rings (SSSR count). The summed E-state index contributed by atoms with van der Waals surface area (Å²) in [6.45, 7) is 4.19. The fourth-order valence-corrected chi connectivity index (χ4v) is 3.90. The number of carbonyl (C=O) groups is 1. The molecule has 1 aromatic heterocycles. The molecule has 0 atom stereocenters. The van der Waals surface area contributed by atoms with E-state index in [1.807, 2.05) is 60.7 Å². The van der Waals surface area contributed by atoms with Gasteiger partial charge in [0.15, 0.2) is 0 Å². The van der Waals surface area contributed by atoms with Crippen LogP contribution in [0.25, 0.3) is 33.8 Å². The number of nitrogens with zero attached hydrogens (tertiary/aromatic N) is 1. The van der Waals surface area contributed by atoms with Crippen LogP contribution in [-0.4, -0.2) is 34.0 Å². The molecule has 0 spiro atoms. The van der Waals surface area contributed by atoms with Crippen LogP contribution in [0.15, 0.2) is 79.5 Å². The molecular weight excluding hydrogens is 402 g/mol. The number of aryl methyl sites for hydroxylation is 1. The predicted octanol–water partition coefficient (Wildman–Crippen LogP) is 5.33. The third-order valence-corrected chi connectivity index (χ3v) is 5.44. The van der Waals surface area contributed by atoms with Gasteiger partial charge in [-0.3, -0.25) is 4.79 Å². The van der Waals surface area contributed by atoms with Gasteiger partial charge in [0.05, 0.1) is 12.1 Å². The summed E-state index contributed by atoms with van der Waals surface area (Å²) < 4.78 is 7.61. The zero-order chi connectivity index (χ0) is 22.5. The van der Waals surface area contributed by atoms with Crippen molar-refractivity contribution in [2.75, 3.05) is 13.2 Å². The number of hydrogen-bond acceptors (Lipinski definition) is 3. The highest BCUT2D eigenvalue weighted by molar-refractivity contribution is 5.99. The molecule has 0 aliphatic heterocycles. The number of hydrogen-bond donors (Lipinski definition) is 2. The topological polar surface area (TPSA) is 71.7 Å². The number of fused-ring (bicyclic) bond motifs is 1. The van der Waals surface area contributed by atoms with Gasteiger partial charge in [-0.05, 0) is 59.5 Å². The lowest BCUT2D eigenvalue weighted by Crippen LogP contribution is -2.01. The molecule has 32 heavy (non-hydrogen) atoms. The Morgan fingerprint density at radius 2 is 1.81 bits per heavy atom. The molecule has 4 aromatic rings. The first kappa shape index (κ1) is 21.4. The van der Waals surface area contributed by atoms with Gasteiger partial charge in [-0.25, -0.2) is 0 Å². The SMILES string of the molecule is C=Cc1ccccc1-c1cn(-c2ccc(OCCO)cc2)c2ccc(CCC(=O)O)cc12. The molecule has 0 fully saturated rings. The number of aliphatic carboxylic acids is 1. The maximum Gasteiger partial charge on any atom is 0.303 e. The van der Waals surface area contributed by atoms with Gasteiger partial charge >= 0.3 is 5.97 Å². The van der Waals surface area contributed by atoms with Gasteiger partial charge in [0.25, 0.3) is 0 Å². The first-order chi connectivity index (χ1) is 15.6. The van der Waals surface area contributed by atoms with Gasteiger partial charge in [-0.2, -0.15) is 0 Å². The Morgan fingerprint density at radius 1 is 1.03 bits per heavy atom. The Balaban J connectivity index is 1.84. The van der Waals surface area contributed by atoms with Crippen molar-refractivity contribution in [1.29, 1.82) is 0 Å². The summed E-state index contributed by atoms with van der Waals surface area (Å²) in [5.41, 5.74) is 6.17. The van der Waals surface area contributed by atoms with Crippen LogP contribution in [0.1, 0.15) is 17.5 Å². The van der Waals surface area contributed by atoms with E-state index in [4.69, 9.17) is 14.9 Å². The minimum atomic E-state index is -0.802. The maximum absolute atomic E-state index is 11.1. The number of benzene rings is 3. The summed E-state index contributed by atoms with van der Waals surface area (Å²) in [7, 11) is 0. The number of ether oxygens (including phenoxy) is 1. The molecule has 0 saturated carbocycles. The summed E-state index contributed by atoms with van der Waals surface area (Å²) in [6, 6.07) is 22.0. The van der Waals surface area contributed by atoms with Crippen molar-refractivity contribution in [3.05, 3.63) is 90.6 Å². The Kier molecular flexibility index (Phi) is 6.38. The molecule has 0 amide bonds. The second kappa shape index (κ2) is 9.54. The molecule has 162 valence electrons. The second-order valence-corrected chi connectivity index (χ2v) is 7.52. The fraction of sp³-hybridized carbons (Fsp3) is 0.148. The first-order valence-electron chi connectivity index (χ1n) is 10.5. The lowest BCUT2D eigenvalue weighted by atomic mass is 9.97. The van der Waals surface area contributed by atoms with Crippen LogP contribution in [-0.2, 0) is 11.2 Å². The molecule has 0 radical (unpaired) electrons. The number of aliphatic hydroxyl groups is 1. The van der Waals surface area contributed by atoms with Crippen molar-refractivity contribution in [2.24, 2.45) is 0 Å². The van der Waals surface area contributed by atoms with E-state index in [-0.39, 0.29) is 19.6 Å². The van der Waals surface area contributed by atoms with E-state index in [0.29, 0.717) is 12.2 Å². The average molecular weight is 428 g/mol. The third-order valence-electron chi connectivity index (χ3n) is 5.44. The first-order valence-corrected chi connectivity index (χ1v) is 10.5. The van der Waals surface area contributed by atoms with E-state index in [1.165, 1.54) is 0 Å². The Labute approximate surface area is 186 Å². The molecular formula is C27H25NO4. The molecule has 0 saturated heterocycles. The summed E-state index contributed by atoms with van der Waals surface area (Å²) in [5.74, 6) is -0.101. The lowest BCUT2D eigenvalue weighted by molar-refractivity contribution is -0.136. The molecule has 0 aliphatic carbocycles. The van der Waals surface area contributed by atoms with Gasteiger partial charge in [0.1, 0.15) is 12.4 Å². The summed E-state index contributed by atoms with van der Waals surface area (Å²) >= 11 is 0. The molecule has 2 N–H and O–H groups in total. The number of carboxylic acids is 1. The van der Waals surface area contributed by atoms with Crippen molar-refractivity contribution in [2.45, 2.75) is 12.8 Å². The van der Waals surface area contributed by atoms with Crippen LogP contribution >= 0.6 is 0 Å². The molecule has 3 aromatic carbocycles. The van der Waals surface area contributed by atoms with Crippen LogP contribution in [0.2, 0.25) is 0 Å². The van der Waals surface area contributed by atoms with E-state index in [1.54, 1.807) is 0 Å². The van der Waals surface area contributed by atoms with Crippen molar-refractivity contribution < 1.29 is 19.7 Å². The Bertz CT molecular complexity index is 1250. The zero-order valence-corrected chi connectivity index (χ0v) is 17.7. The summed E-state index contributed by atoms with van der Waals surface area (Å²) in [6.07, 6.45) is 4.54. The van der Waals surface area contributed by atoms with Gasteiger partial charge in [0.2, 0.25) is 0 Å². The normalized spacial score (nSPS) is 10.9. The quantitative estimate of drug-likeness (QED) is 0.379. The molecule has 0 bridgehead atoms. The zero-order valence-electron chi connectivity index (χ0n) is 17.7. The van der Waals surface area contributed by atoms with Crippen molar-refractivity contribution in [3.63, 3.8) is 0 Å². The third kappa shape index (κ3) is 4.43. The predicted molar refractivity (Wildman–Crippen MR) is 127 cm³/mol. The number of aliphatic hydroxyl groups excluding tert-OH is 1. The van der Waals surface area contributed by atoms with Crippen LogP contribution < -0.4 is 4.74 Å². The van der Waals surface area contributed by atoms with Crippen molar-refractivity contribution >= 4 is 22.9 Å². The Hall–Kier alpha value is -3.83. The smallest absolute Gasteiger partial charge is 0.303 e. The Morgan fingerprint density at radius 3 is 2.53 bits per heavy atom. The molecule has 5 heteroatoms. The number of aromatic nitrogens is 1. The van der Waals surface area contributed by atoms with Gasteiger partial charge in [-0.1, -0.05) is 43.0 Å². The van der Waals surface area contributed by atoms with Crippen LogP contribution in [0.4, 0.5) is 0 Å². The van der Waals surface area contributed by atoms with Crippen LogP contribution in [0.5, 0.6) is 5.75 Å². The average Bonchev–Trinajstić information content (AvgIpc) is 3.20. The van der Waals surface area contributed by atoms with Gasteiger partial charge in [0, 0.05) is 29.3 Å². The van der Waals surface area contributed by atoms with E-state index in [9.17, 15) is 4.79 Å². The highest BCUT2D eigenvalue weighted by atomic mass is 16.5.